The van der Waals surface area contributed by atoms with Crippen molar-refractivity contribution in [3.63, 3.8) is 0 Å². The van der Waals surface area contributed by atoms with Gasteiger partial charge in [-0.05, 0) is 37.5 Å². The van der Waals surface area contributed by atoms with Crippen LogP contribution in [-0.2, 0) is 4.74 Å². The molecule has 74 valence electrons. The van der Waals surface area contributed by atoms with Crippen LogP contribution in [0.15, 0.2) is 0 Å². The van der Waals surface area contributed by atoms with Crippen LogP contribution in [-0.4, -0.2) is 12.2 Å². The van der Waals surface area contributed by atoms with E-state index < -0.39 is 0 Å². The molecule has 1 aliphatic heterocycles. The fraction of sp³-hybridized carbons (Fsp3) is 1.00. The van der Waals surface area contributed by atoms with E-state index in [1.807, 2.05) is 0 Å². The molecule has 1 heteroatoms. The minimum Gasteiger partial charge on any atom is -0.369 e. The summed E-state index contributed by atoms with van der Waals surface area (Å²) in [5.74, 6) is 1.90. The molecule has 0 aromatic carbocycles. The molecule has 1 heterocycles. The highest BCUT2D eigenvalue weighted by Gasteiger charge is 2.49. The number of ether oxygens (including phenoxy) is 1. The summed E-state index contributed by atoms with van der Waals surface area (Å²) in [6, 6.07) is 0. The van der Waals surface area contributed by atoms with Crippen molar-refractivity contribution in [1.29, 1.82) is 0 Å². The highest BCUT2D eigenvalue weighted by Crippen LogP contribution is 2.46. The van der Waals surface area contributed by atoms with Gasteiger partial charge >= 0.3 is 0 Å². The van der Waals surface area contributed by atoms with Gasteiger partial charge in [0.2, 0.25) is 0 Å². The normalized spacial score (nSPS) is 41.5. The van der Waals surface area contributed by atoms with E-state index in [0.717, 1.165) is 11.8 Å². The minimum absolute atomic E-state index is 0.700. The van der Waals surface area contributed by atoms with E-state index in [1.54, 1.807) is 0 Å². The van der Waals surface area contributed by atoms with Crippen molar-refractivity contribution in [2.24, 2.45) is 11.8 Å². The summed E-state index contributed by atoms with van der Waals surface area (Å²) >= 11 is 0. The molecule has 0 N–H and O–H groups in total. The smallest absolute Gasteiger partial charge is 0.0872 e. The first-order chi connectivity index (χ1) is 6.45. The summed E-state index contributed by atoms with van der Waals surface area (Å²) in [5, 5.41) is 0. The Morgan fingerprint density at radius 2 is 1.00 bits per heavy atom. The number of hydrogen-bond acceptors (Lipinski definition) is 1. The van der Waals surface area contributed by atoms with Crippen LogP contribution in [0.4, 0.5) is 0 Å². The first-order valence-corrected chi connectivity index (χ1v) is 6.10. The SMILES string of the molecule is C1CCC(C2OC2C2CCCC2)C1. The van der Waals surface area contributed by atoms with Gasteiger partial charge in [-0.1, -0.05) is 25.7 Å². The minimum atomic E-state index is 0.700. The van der Waals surface area contributed by atoms with Crippen LogP contribution >= 0.6 is 0 Å². The number of rotatable bonds is 2. The number of epoxide rings is 1. The fourth-order valence-electron chi connectivity index (χ4n) is 3.47. The molecular weight excluding hydrogens is 160 g/mol. The van der Waals surface area contributed by atoms with Crippen LogP contribution in [0.1, 0.15) is 51.4 Å². The van der Waals surface area contributed by atoms with Gasteiger partial charge in [0.25, 0.3) is 0 Å². The Morgan fingerprint density at radius 1 is 0.615 bits per heavy atom. The highest BCUT2D eigenvalue weighted by molar-refractivity contribution is 4.97. The second kappa shape index (κ2) is 3.27. The highest BCUT2D eigenvalue weighted by atomic mass is 16.6. The van der Waals surface area contributed by atoms with E-state index in [2.05, 4.69) is 0 Å². The molecule has 1 nitrogen and oxygen atoms in total. The molecule has 0 amide bonds. The molecule has 3 fully saturated rings. The van der Waals surface area contributed by atoms with Gasteiger partial charge < -0.3 is 4.74 Å². The zero-order chi connectivity index (χ0) is 8.67. The van der Waals surface area contributed by atoms with E-state index in [4.69, 9.17) is 4.74 Å². The Balaban J connectivity index is 1.53. The van der Waals surface area contributed by atoms with Gasteiger partial charge in [0.1, 0.15) is 0 Å². The van der Waals surface area contributed by atoms with Crippen molar-refractivity contribution in [3.05, 3.63) is 0 Å². The number of hydrogen-bond donors (Lipinski definition) is 0. The maximum absolute atomic E-state index is 5.88. The van der Waals surface area contributed by atoms with Gasteiger partial charge in [-0.2, -0.15) is 0 Å². The van der Waals surface area contributed by atoms with E-state index in [9.17, 15) is 0 Å². The third-order valence-corrected chi connectivity index (χ3v) is 4.29. The summed E-state index contributed by atoms with van der Waals surface area (Å²) < 4.78 is 5.88. The second-order valence-corrected chi connectivity index (χ2v) is 5.15. The lowest BCUT2D eigenvalue weighted by atomic mass is 9.94. The molecule has 2 saturated carbocycles. The molecule has 2 aliphatic carbocycles. The molecule has 13 heavy (non-hydrogen) atoms. The molecule has 0 bridgehead atoms. The van der Waals surface area contributed by atoms with Gasteiger partial charge in [0, 0.05) is 0 Å². The van der Waals surface area contributed by atoms with Crippen molar-refractivity contribution in [1.82, 2.24) is 0 Å². The Labute approximate surface area is 80.8 Å². The Morgan fingerprint density at radius 3 is 1.38 bits per heavy atom. The van der Waals surface area contributed by atoms with Gasteiger partial charge in [-0.15, -0.1) is 0 Å². The molecule has 3 rings (SSSR count). The average molecular weight is 180 g/mol. The maximum Gasteiger partial charge on any atom is 0.0872 e. The van der Waals surface area contributed by atoms with Crippen molar-refractivity contribution in [2.45, 2.75) is 63.6 Å². The summed E-state index contributed by atoms with van der Waals surface area (Å²) in [7, 11) is 0. The largest absolute Gasteiger partial charge is 0.369 e. The summed E-state index contributed by atoms with van der Waals surface area (Å²) in [6.07, 6.45) is 13.0. The van der Waals surface area contributed by atoms with Crippen molar-refractivity contribution >= 4 is 0 Å². The third-order valence-electron chi connectivity index (χ3n) is 4.29. The van der Waals surface area contributed by atoms with E-state index in [1.165, 1.54) is 51.4 Å². The van der Waals surface area contributed by atoms with Crippen molar-refractivity contribution in [3.8, 4) is 0 Å². The van der Waals surface area contributed by atoms with Gasteiger partial charge in [-0.25, -0.2) is 0 Å². The lowest BCUT2D eigenvalue weighted by Crippen LogP contribution is -2.12. The molecule has 0 radical (unpaired) electrons. The molecule has 0 aromatic heterocycles. The predicted octanol–water partition coefficient (Wildman–Crippen LogP) is 3.13. The Bertz CT molecular complexity index is 158. The molecule has 0 spiro atoms. The van der Waals surface area contributed by atoms with Gasteiger partial charge in [0.05, 0.1) is 12.2 Å². The van der Waals surface area contributed by atoms with E-state index in [-0.39, 0.29) is 0 Å². The Hall–Kier alpha value is -0.0400. The molecule has 2 unspecified atom stereocenters. The second-order valence-electron chi connectivity index (χ2n) is 5.15. The first kappa shape index (κ1) is 8.28. The fourth-order valence-corrected chi connectivity index (χ4v) is 3.47. The standard InChI is InChI=1S/C12H20O/c1-2-6-9(5-1)11-12(13-11)10-7-3-4-8-10/h9-12H,1-8H2. The zero-order valence-electron chi connectivity index (χ0n) is 8.37. The maximum atomic E-state index is 5.88. The summed E-state index contributed by atoms with van der Waals surface area (Å²) in [4.78, 5) is 0. The van der Waals surface area contributed by atoms with Crippen LogP contribution in [0.3, 0.4) is 0 Å². The van der Waals surface area contributed by atoms with Crippen LogP contribution in [0.5, 0.6) is 0 Å². The van der Waals surface area contributed by atoms with Gasteiger partial charge in [-0.3, -0.25) is 0 Å². The van der Waals surface area contributed by atoms with Crippen molar-refractivity contribution in [2.75, 3.05) is 0 Å². The lowest BCUT2D eigenvalue weighted by molar-refractivity contribution is 0.292. The first-order valence-electron chi connectivity index (χ1n) is 6.10. The summed E-state index contributed by atoms with van der Waals surface area (Å²) in [5.41, 5.74) is 0. The molecule has 2 atom stereocenters. The average Bonchev–Trinajstić information content (AvgIpc) is 2.67. The van der Waals surface area contributed by atoms with Crippen LogP contribution in [0.25, 0.3) is 0 Å². The Kier molecular flexibility index (Phi) is 2.08. The van der Waals surface area contributed by atoms with Crippen LogP contribution < -0.4 is 0 Å². The zero-order valence-corrected chi connectivity index (χ0v) is 8.37. The predicted molar refractivity (Wildman–Crippen MR) is 52.6 cm³/mol. The molecule has 3 aliphatic rings. The molecule has 1 saturated heterocycles. The monoisotopic (exact) mass is 180 g/mol. The van der Waals surface area contributed by atoms with Crippen molar-refractivity contribution < 1.29 is 4.74 Å². The van der Waals surface area contributed by atoms with E-state index >= 15 is 0 Å². The molecular formula is C12H20O. The molecule has 0 aromatic rings. The third kappa shape index (κ3) is 1.52. The topological polar surface area (TPSA) is 12.5 Å². The van der Waals surface area contributed by atoms with Crippen LogP contribution in [0.2, 0.25) is 0 Å². The van der Waals surface area contributed by atoms with E-state index in [0.29, 0.717) is 12.2 Å². The van der Waals surface area contributed by atoms with Gasteiger partial charge in [0.15, 0.2) is 0 Å². The quantitative estimate of drug-likeness (QED) is 0.595. The van der Waals surface area contributed by atoms with Crippen LogP contribution in [0, 0.1) is 11.8 Å². The lowest BCUT2D eigenvalue weighted by Gasteiger charge is -2.06. The summed E-state index contributed by atoms with van der Waals surface area (Å²) in [6.45, 7) is 0.